The number of amides is 2. The smallest absolute Gasteiger partial charge is 0.240 e. The number of nitrogens with zero attached hydrogens (tertiary/aromatic N) is 1. The van der Waals surface area contributed by atoms with Crippen LogP contribution in [-0.4, -0.2) is 23.1 Å². The van der Waals surface area contributed by atoms with E-state index in [1.807, 2.05) is 62.4 Å². The van der Waals surface area contributed by atoms with Gasteiger partial charge in [0.05, 0.1) is 6.21 Å². The van der Waals surface area contributed by atoms with Gasteiger partial charge in [-0.25, -0.2) is 5.43 Å². The highest BCUT2D eigenvalue weighted by Gasteiger charge is 2.09. The zero-order valence-corrected chi connectivity index (χ0v) is 16.4. The number of aryl methyl sites for hydroxylation is 2. The summed E-state index contributed by atoms with van der Waals surface area (Å²) in [7, 11) is 0. The topological polar surface area (TPSA) is 90.8 Å². The summed E-state index contributed by atoms with van der Waals surface area (Å²) < 4.78 is 0. The number of hydrazone groups is 1. The molecule has 0 spiro atoms. The highest BCUT2D eigenvalue weighted by Crippen LogP contribution is 2.25. The van der Waals surface area contributed by atoms with Gasteiger partial charge in [0.2, 0.25) is 11.8 Å². The van der Waals surface area contributed by atoms with Crippen LogP contribution < -0.4 is 10.7 Å². The molecule has 0 saturated carbocycles. The average molecular weight is 389 g/mol. The molecule has 0 fully saturated rings. The van der Waals surface area contributed by atoms with E-state index in [-0.39, 0.29) is 30.4 Å². The largest absolute Gasteiger partial charge is 0.507 e. The number of fused-ring (bicyclic) bond motifs is 1. The predicted octanol–water partition coefficient (Wildman–Crippen LogP) is 4.03. The molecule has 0 radical (unpaired) electrons. The molecule has 0 aliphatic rings. The minimum Gasteiger partial charge on any atom is -0.507 e. The Balaban J connectivity index is 1.54. The molecule has 0 aliphatic heterocycles. The number of rotatable bonds is 6. The predicted molar refractivity (Wildman–Crippen MR) is 115 cm³/mol. The zero-order chi connectivity index (χ0) is 20.8. The molecule has 0 aliphatic carbocycles. The Labute approximate surface area is 169 Å². The van der Waals surface area contributed by atoms with Crippen molar-refractivity contribution >= 4 is 34.5 Å². The molecule has 0 bridgehead atoms. The van der Waals surface area contributed by atoms with E-state index < -0.39 is 0 Å². The van der Waals surface area contributed by atoms with Crippen molar-refractivity contribution in [3.63, 3.8) is 0 Å². The van der Waals surface area contributed by atoms with Crippen LogP contribution >= 0.6 is 0 Å². The molecule has 6 nitrogen and oxygen atoms in total. The first-order chi connectivity index (χ1) is 13.9. The molecular formula is C23H23N3O3. The Kier molecular flexibility index (Phi) is 6.24. The maximum absolute atomic E-state index is 12.1. The maximum Gasteiger partial charge on any atom is 0.240 e. The van der Waals surface area contributed by atoms with Crippen LogP contribution in [0.1, 0.15) is 29.5 Å². The highest BCUT2D eigenvalue weighted by molar-refractivity contribution is 6.02. The number of benzene rings is 3. The molecule has 148 valence electrons. The summed E-state index contributed by atoms with van der Waals surface area (Å²) in [5, 5.41) is 18.6. The van der Waals surface area contributed by atoms with E-state index in [1.165, 1.54) is 6.21 Å². The quantitative estimate of drug-likeness (QED) is 0.439. The molecular weight excluding hydrogens is 366 g/mol. The van der Waals surface area contributed by atoms with E-state index in [9.17, 15) is 14.7 Å². The van der Waals surface area contributed by atoms with Crippen molar-refractivity contribution in [1.29, 1.82) is 0 Å². The normalized spacial score (nSPS) is 11.0. The lowest BCUT2D eigenvalue weighted by Gasteiger charge is -2.09. The fourth-order valence-electron chi connectivity index (χ4n) is 3.04. The highest BCUT2D eigenvalue weighted by atomic mass is 16.3. The van der Waals surface area contributed by atoms with E-state index in [0.717, 1.165) is 27.6 Å². The Hall–Kier alpha value is -3.67. The van der Waals surface area contributed by atoms with Gasteiger partial charge >= 0.3 is 0 Å². The van der Waals surface area contributed by atoms with Crippen LogP contribution in [-0.2, 0) is 9.59 Å². The van der Waals surface area contributed by atoms with E-state index in [0.29, 0.717) is 5.56 Å². The van der Waals surface area contributed by atoms with Crippen molar-refractivity contribution in [3.8, 4) is 5.75 Å². The molecule has 0 unspecified atom stereocenters. The summed E-state index contributed by atoms with van der Waals surface area (Å²) in [6, 6.07) is 16.7. The molecule has 0 atom stereocenters. The van der Waals surface area contributed by atoms with Crippen molar-refractivity contribution in [2.75, 3.05) is 5.32 Å². The molecule has 2 amide bonds. The maximum atomic E-state index is 12.1. The monoisotopic (exact) mass is 389 g/mol. The average Bonchev–Trinajstić information content (AvgIpc) is 2.70. The SMILES string of the molecule is Cc1ccc(NC(=O)CCC(=O)N/N=C\c2c(O)ccc3ccccc23)c(C)c1. The van der Waals surface area contributed by atoms with Crippen LogP contribution in [0.2, 0.25) is 0 Å². The van der Waals surface area contributed by atoms with Crippen molar-refractivity contribution in [3.05, 3.63) is 71.3 Å². The summed E-state index contributed by atoms with van der Waals surface area (Å²) in [6.07, 6.45) is 1.47. The van der Waals surface area contributed by atoms with Crippen molar-refractivity contribution < 1.29 is 14.7 Å². The third-order valence-corrected chi connectivity index (χ3v) is 4.57. The number of aromatic hydroxyl groups is 1. The minimum atomic E-state index is -0.378. The number of carbonyl (C=O) groups is 2. The van der Waals surface area contributed by atoms with Crippen molar-refractivity contribution in [2.24, 2.45) is 5.10 Å². The first-order valence-electron chi connectivity index (χ1n) is 9.34. The number of phenols is 1. The summed E-state index contributed by atoms with van der Waals surface area (Å²) in [6.45, 7) is 3.91. The fraction of sp³-hybridized carbons (Fsp3) is 0.174. The van der Waals surface area contributed by atoms with Gasteiger partial charge in [-0.05, 0) is 42.3 Å². The minimum absolute atomic E-state index is 0.00953. The second kappa shape index (κ2) is 9.01. The van der Waals surface area contributed by atoms with E-state index in [1.54, 1.807) is 6.07 Å². The molecule has 6 heteroatoms. The summed E-state index contributed by atoms with van der Waals surface area (Å²) in [5.41, 5.74) is 5.76. The number of nitrogens with one attached hydrogen (secondary N) is 2. The number of phenolic OH excluding ortho intramolecular Hbond substituents is 1. The summed E-state index contributed by atoms with van der Waals surface area (Å²) >= 11 is 0. The van der Waals surface area contributed by atoms with Crippen LogP contribution in [0, 0.1) is 13.8 Å². The first-order valence-corrected chi connectivity index (χ1v) is 9.34. The number of hydrogen-bond acceptors (Lipinski definition) is 4. The van der Waals surface area contributed by atoms with Crippen LogP contribution in [0.25, 0.3) is 10.8 Å². The van der Waals surface area contributed by atoms with Gasteiger partial charge in [0.25, 0.3) is 0 Å². The zero-order valence-electron chi connectivity index (χ0n) is 16.4. The van der Waals surface area contributed by atoms with Gasteiger partial charge in [0.1, 0.15) is 5.75 Å². The second-order valence-electron chi connectivity index (χ2n) is 6.88. The lowest BCUT2D eigenvalue weighted by Crippen LogP contribution is -2.21. The van der Waals surface area contributed by atoms with Gasteiger partial charge in [-0.15, -0.1) is 0 Å². The van der Waals surface area contributed by atoms with Gasteiger partial charge in [-0.2, -0.15) is 5.10 Å². The Morgan fingerprint density at radius 2 is 1.76 bits per heavy atom. The number of anilines is 1. The Morgan fingerprint density at radius 1 is 1.00 bits per heavy atom. The van der Waals surface area contributed by atoms with E-state index in [4.69, 9.17) is 0 Å². The summed E-state index contributed by atoms with van der Waals surface area (Å²) in [5.74, 6) is -0.533. The summed E-state index contributed by atoms with van der Waals surface area (Å²) in [4.78, 5) is 24.1. The van der Waals surface area contributed by atoms with E-state index in [2.05, 4.69) is 15.8 Å². The van der Waals surface area contributed by atoms with Crippen LogP contribution in [0.15, 0.2) is 59.7 Å². The lowest BCUT2D eigenvalue weighted by atomic mass is 10.0. The third-order valence-electron chi connectivity index (χ3n) is 4.57. The fourth-order valence-corrected chi connectivity index (χ4v) is 3.04. The molecule has 3 rings (SSSR count). The van der Waals surface area contributed by atoms with Crippen LogP contribution in [0.4, 0.5) is 5.69 Å². The molecule has 0 saturated heterocycles. The van der Waals surface area contributed by atoms with Crippen molar-refractivity contribution in [1.82, 2.24) is 5.43 Å². The Bertz CT molecular complexity index is 1090. The van der Waals surface area contributed by atoms with Gasteiger partial charge < -0.3 is 10.4 Å². The molecule has 3 aromatic carbocycles. The van der Waals surface area contributed by atoms with Gasteiger partial charge in [-0.3, -0.25) is 9.59 Å². The van der Waals surface area contributed by atoms with Crippen molar-refractivity contribution in [2.45, 2.75) is 26.7 Å². The lowest BCUT2D eigenvalue weighted by molar-refractivity contribution is -0.124. The molecule has 29 heavy (non-hydrogen) atoms. The second-order valence-corrected chi connectivity index (χ2v) is 6.88. The molecule has 3 aromatic rings. The molecule has 0 aromatic heterocycles. The van der Waals surface area contributed by atoms with Gasteiger partial charge in [-0.1, -0.05) is 48.0 Å². The van der Waals surface area contributed by atoms with Crippen LogP contribution in [0.3, 0.4) is 0 Å². The number of carbonyl (C=O) groups excluding carboxylic acids is 2. The van der Waals surface area contributed by atoms with Crippen LogP contribution in [0.5, 0.6) is 5.75 Å². The van der Waals surface area contributed by atoms with Gasteiger partial charge in [0.15, 0.2) is 0 Å². The van der Waals surface area contributed by atoms with E-state index >= 15 is 0 Å². The third kappa shape index (κ3) is 5.19. The molecule has 0 heterocycles. The molecule has 3 N–H and O–H groups in total. The standard InChI is InChI=1S/C23H23N3O3/c1-15-7-9-20(16(2)13-15)25-22(28)11-12-23(29)26-24-14-19-18-6-4-3-5-17(18)8-10-21(19)27/h3-10,13-14,27H,11-12H2,1-2H3,(H,25,28)(H,26,29)/b24-14-. The Morgan fingerprint density at radius 3 is 2.55 bits per heavy atom. The number of hydrogen-bond donors (Lipinski definition) is 3. The first kappa shape index (κ1) is 20.1. The van der Waals surface area contributed by atoms with Gasteiger partial charge in [0, 0.05) is 24.1 Å².